The predicted molar refractivity (Wildman–Crippen MR) is 76.5 cm³/mol. The topological polar surface area (TPSA) is 38.7 Å². The van der Waals surface area contributed by atoms with Gasteiger partial charge in [-0.1, -0.05) is 12.1 Å². The second-order valence-corrected chi connectivity index (χ2v) is 4.85. The lowest BCUT2D eigenvalue weighted by atomic mass is 10.1. The van der Waals surface area contributed by atoms with Gasteiger partial charge in [-0.05, 0) is 25.6 Å². The van der Waals surface area contributed by atoms with Crippen molar-refractivity contribution < 1.29 is 5.11 Å². The summed E-state index contributed by atoms with van der Waals surface area (Å²) in [6.07, 6.45) is 0.963. The minimum atomic E-state index is 0.191. The van der Waals surface area contributed by atoms with E-state index in [9.17, 15) is 5.11 Å². The summed E-state index contributed by atoms with van der Waals surface area (Å²) in [6, 6.07) is 8.72. The van der Waals surface area contributed by atoms with Crippen LogP contribution in [0.3, 0.4) is 0 Å². The molecule has 0 saturated carbocycles. The standard InChI is InChI=1S/C14H23N3O/c1-15-12(11-18)7-8-17-10-9-16(2)13-5-3-4-6-14(13)17/h3-6,12,15,18H,7-11H2,1-2H3. The van der Waals surface area contributed by atoms with E-state index in [1.54, 1.807) is 0 Å². The molecule has 4 nitrogen and oxygen atoms in total. The van der Waals surface area contributed by atoms with Gasteiger partial charge >= 0.3 is 0 Å². The Labute approximate surface area is 109 Å². The van der Waals surface area contributed by atoms with Crippen LogP contribution in [-0.2, 0) is 0 Å². The summed E-state index contributed by atoms with van der Waals surface area (Å²) in [7, 11) is 4.04. The van der Waals surface area contributed by atoms with Crippen LogP contribution in [0.25, 0.3) is 0 Å². The highest BCUT2D eigenvalue weighted by Crippen LogP contribution is 2.31. The summed E-state index contributed by atoms with van der Waals surface area (Å²) in [4.78, 5) is 4.71. The first-order valence-corrected chi connectivity index (χ1v) is 6.59. The fraction of sp³-hybridized carbons (Fsp3) is 0.571. The van der Waals surface area contributed by atoms with Gasteiger partial charge in [0.05, 0.1) is 18.0 Å². The lowest BCUT2D eigenvalue weighted by molar-refractivity contribution is 0.243. The minimum absolute atomic E-state index is 0.191. The van der Waals surface area contributed by atoms with Crippen LogP contribution < -0.4 is 15.1 Å². The third-order valence-electron chi connectivity index (χ3n) is 3.72. The van der Waals surface area contributed by atoms with Crippen LogP contribution >= 0.6 is 0 Å². The van der Waals surface area contributed by atoms with Crippen molar-refractivity contribution in [3.63, 3.8) is 0 Å². The Morgan fingerprint density at radius 3 is 2.67 bits per heavy atom. The van der Waals surface area contributed by atoms with Crippen LogP contribution in [-0.4, -0.2) is 51.5 Å². The van der Waals surface area contributed by atoms with Crippen LogP contribution in [0.4, 0.5) is 11.4 Å². The van der Waals surface area contributed by atoms with Crippen LogP contribution in [0.1, 0.15) is 6.42 Å². The second kappa shape index (κ2) is 6.07. The second-order valence-electron chi connectivity index (χ2n) is 4.85. The van der Waals surface area contributed by atoms with Crippen LogP contribution in [0.2, 0.25) is 0 Å². The molecule has 18 heavy (non-hydrogen) atoms. The molecule has 1 atom stereocenters. The number of aliphatic hydroxyl groups excluding tert-OH is 1. The van der Waals surface area contributed by atoms with Crippen molar-refractivity contribution in [3.8, 4) is 0 Å². The molecule has 1 unspecified atom stereocenters. The molecule has 0 fully saturated rings. The third kappa shape index (κ3) is 2.76. The van der Waals surface area contributed by atoms with Crippen LogP contribution in [0, 0.1) is 0 Å². The predicted octanol–water partition coefficient (Wildman–Crippen LogP) is 0.913. The number of nitrogens with one attached hydrogen (secondary N) is 1. The summed E-state index contributed by atoms with van der Waals surface area (Å²) in [5, 5.41) is 12.3. The first-order chi connectivity index (χ1) is 8.76. The van der Waals surface area contributed by atoms with Gasteiger partial charge in [-0.3, -0.25) is 0 Å². The van der Waals surface area contributed by atoms with Crippen molar-refractivity contribution >= 4 is 11.4 Å². The van der Waals surface area contributed by atoms with Gasteiger partial charge in [0, 0.05) is 32.7 Å². The van der Waals surface area contributed by atoms with Crippen molar-refractivity contribution in [3.05, 3.63) is 24.3 Å². The van der Waals surface area contributed by atoms with E-state index in [4.69, 9.17) is 0 Å². The van der Waals surface area contributed by atoms with Crippen LogP contribution in [0.15, 0.2) is 24.3 Å². The number of likely N-dealkylation sites (N-methyl/N-ethyl adjacent to an activating group) is 2. The highest BCUT2D eigenvalue weighted by Gasteiger charge is 2.19. The molecule has 100 valence electrons. The molecule has 0 amide bonds. The number of aliphatic hydroxyl groups is 1. The Balaban J connectivity index is 2.05. The fourth-order valence-electron chi connectivity index (χ4n) is 2.44. The molecule has 1 aliphatic heterocycles. The Morgan fingerprint density at radius 1 is 1.28 bits per heavy atom. The smallest absolute Gasteiger partial charge is 0.0604 e. The maximum Gasteiger partial charge on any atom is 0.0604 e. The first kappa shape index (κ1) is 13.2. The SMILES string of the molecule is CNC(CO)CCN1CCN(C)c2ccccc21. The van der Waals surface area contributed by atoms with E-state index in [0.717, 1.165) is 26.1 Å². The molecule has 1 aromatic carbocycles. The molecule has 0 aromatic heterocycles. The summed E-state index contributed by atoms with van der Waals surface area (Å²) in [5.41, 5.74) is 2.60. The quantitative estimate of drug-likeness (QED) is 0.814. The van der Waals surface area contributed by atoms with E-state index in [2.05, 4.69) is 46.4 Å². The molecule has 1 aliphatic rings. The molecule has 0 saturated heterocycles. The fourth-order valence-corrected chi connectivity index (χ4v) is 2.44. The van der Waals surface area contributed by atoms with Gasteiger partial charge in [0.1, 0.15) is 0 Å². The minimum Gasteiger partial charge on any atom is -0.395 e. The Bertz CT molecular complexity index is 379. The van der Waals surface area contributed by atoms with Gasteiger partial charge < -0.3 is 20.2 Å². The number of hydrogen-bond acceptors (Lipinski definition) is 4. The number of para-hydroxylation sites is 2. The van der Waals surface area contributed by atoms with E-state index in [1.807, 2.05) is 7.05 Å². The molecule has 4 heteroatoms. The Morgan fingerprint density at radius 2 is 2.00 bits per heavy atom. The lowest BCUT2D eigenvalue weighted by Gasteiger charge is -2.37. The lowest BCUT2D eigenvalue weighted by Crippen LogP contribution is -2.42. The van der Waals surface area contributed by atoms with Crippen LogP contribution in [0.5, 0.6) is 0 Å². The number of benzene rings is 1. The summed E-state index contributed by atoms with van der Waals surface area (Å²) in [6.45, 7) is 3.29. The zero-order valence-electron chi connectivity index (χ0n) is 11.3. The maximum atomic E-state index is 9.20. The molecule has 2 N–H and O–H groups in total. The largest absolute Gasteiger partial charge is 0.395 e. The molecule has 0 spiro atoms. The van der Waals surface area contributed by atoms with E-state index in [1.165, 1.54) is 11.4 Å². The van der Waals surface area contributed by atoms with Gasteiger partial charge in [-0.15, -0.1) is 0 Å². The van der Waals surface area contributed by atoms with Gasteiger partial charge in [-0.25, -0.2) is 0 Å². The number of fused-ring (bicyclic) bond motifs is 1. The van der Waals surface area contributed by atoms with E-state index < -0.39 is 0 Å². The molecule has 1 heterocycles. The van der Waals surface area contributed by atoms with Crippen molar-refractivity contribution in [1.82, 2.24) is 5.32 Å². The normalized spacial score (nSPS) is 16.6. The number of hydrogen-bond donors (Lipinski definition) is 2. The summed E-state index contributed by atoms with van der Waals surface area (Å²) in [5.74, 6) is 0. The number of nitrogens with zero attached hydrogens (tertiary/aromatic N) is 2. The molecule has 0 aliphatic carbocycles. The average molecular weight is 249 g/mol. The average Bonchev–Trinajstić information content (AvgIpc) is 2.42. The number of anilines is 2. The summed E-state index contributed by atoms with van der Waals surface area (Å²) < 4.78 is 0. The van der Waals surface area contributed by atoms with Gasteiger partial charge in [0.25, 0.3) is 0 Å². The van der Waals surface area contributed by atoms with E-state index in [0.29, 0.717) is 0 Å². The zero-order valence-corrected chi connectivity index (χ0v) is 11.3. The van der Waals surface area contributed by atoms with Crippen molar-refractivity contribution in [2.24, 2.45) is 0 Å². The Kier molecular flexibility index (Phi) is 4.44. The maximum absolute atomic E-state index is 9.20. The number of rotatable bonds is 5. The van der Waals surface area contributed by atoms with E-state index >= 15 is 0 Å². The van der Waals surface area contributed by atoms with Gasteiger partial charge in [0.2, 0.25) is 0 Å². The van der Waals surface area contributed by atoms with Crippen molar-refractivity contribution in [2.45, 2.75) is 12.5 Å². The molecule has 0 radical (unpaired) electrons. The molecular weight excluding hydrogens is 226 g/mol. The molecule has 1 aromatic rings. The molecule has 0 bridgehead atoms. The highest BCUT2D eigenvalue weighted by molar-refractivity contribution is 5.72. The summed E-state index contributed by atoms with van der Waals surface area (Å²) >= 11 is 0. The van der Waals surface area contributed by atoms with Gasteiger partial charge in [0.15, 0.2) is 0 Å². The van der Waals surface area contributed by atoms with Crippen molar-refractivity contribution in [1.29, 1.82) is 0 Å². The van der Waals surface area contributed by atoms with Crippen molar-refractivity contribution in [2.75, 3.05) is 50.1 Å². The molecule has 2 rings (SSSR count). The Hall–Kier alpha value is -1.26. The van der Waals surface area contributed by atoms with E-state index in [-0.39, 0.29) is 12.6 Å². The first-order valence-electron chi connectivity index (χ1n) is 6.59. The molecular formula is C14H23N3O. The highest BCUT2D eigenvalue weighted by atomic mass is 16.3. The van der Waals surface area contributed by atoms with Gasteiger partial charge in [-0.2, -0.15) is 0 Å². The zero-order chi connectivity index (χ0) is 13.0. The third-order valence-corrected chi connectivity index (χ3v) is 3.72. The monoisotopic (exact) mass is 249 g/mol.